The molecule has 1 rings (SSSR count). The number of ether oxygens (including phenoxy) is 4. The molecule has 1 saturated heterocycles. The number of aliphatic carboxylic acids is 1. The van der Waals surface area contributed by atoms with Gasteiger partial charge in [-0.05, 0) is 19.3 Å². The minimum atomic E-state index is -1.35. The van der Waals surface area contributed by atoms with E-state index < -0.39 is 23.8 Å². The summed E-state index contributed by atoms with van der Waals surface area (Å²) in [4.78, 5) is 73.1. The fourth-order valence-electron chi connectivity index (χ4n) is 5.76. The molecule has 2 atom stereocenters. The van der Waals surface area contributed by atoms with E-state index in [0.717, 1.165) is 38.5 Å². The van der Waals surface area contributed by atoms with Gasteiger partial charge in [0.1, 0.15) is 31.3 Å². The number of rotatable bonds is 18. The van der Waals surface area contributed by atoms with E-state index in [1.54, 1.807) is 0 Å². The molecule has 0 bridgehead atoms. The maximum atomic E-state index is 13.3. The fourth-order valence-corrected chi connectivity index (χ4v) is 5.76. The first kappa shape index (κ1) is 46.1. The summed E-state index contributed by atoms with van der Waals surface area (Å²) in [6.45, 7) is 1.59. The SMILES string of the molecule is O=CCOCCOCCNC(=O)COCCOCCNC(=O)C1C[C@@H](C(=O)O)NC(=O)CCCCCCCCCCCCCCCCCCC1=O. The number of aldehydes is 1. The van der Waals surface area contributed by atoms with E-state index in [4.69, 9.17) is 18.9 Å². The van der Waals surface area contributed by atoms with Crippen molar-refractivity contribution in [3.63, 3.8) is 0 Å². The van der Waals surface area contributed by atoms with E-state index in [-0.39, 0.29) is 76.4 Å². The Morgan fingerprint density at radius 3 is 1.65 bits per heavy atom. The van der Waals surface area contributed by atoms with Gasteiger partial charge in [0.2, 0.25) is 17.7 Å². The Balaban J connectivity index is 2.49. The van der Waals surface area contributed by atoms with Crippen LogP contribution in [0.1, 0.15) is 122 Å². The number of Topliss-reactive ketones (excluding diaryl/α,β-unsaturated/α-hetero) is 1. The second-order valence-electron chi connectivity index (χ2n) is 13.0. The van der Waals surface area contributed by atoms with E-state index in [1.165, 1.54) is 51.4 Å². The predicted octanol–water partition coefficient (Wildman–Crippen LogP) is 3.66. The highest BCUT2D eigenvalue weighted by atomic mass is 16.5. The number of nitrogens with one attached hydrogen (secondary N) is 3. The van der Waals surface area contributed by atoms with Crippen molar-refractivity contribution < 1.29 is 52.8 Å². The fraction of sp³-hybridized carbons (Fsp3) is 0.838. The van der Waals surface area contributed by atoms with Crippen LogP contribution in [0.15, 0.2) is 0 Å². The molecule has 1 aliphatic rings. The molecule has 0 aromatic rings. The molecule has 0 spiro atoms. The van der Waals surface area contributed by atoms with Gasteiger partial charge in [0.15, 0.2) is 0 Å². The zero-order valence-electron chi connectivity index (χ0n) is 30.8. The van der Waals surface area contributed by atoms with Crippen molar-refractivity contribution in [2.75, 3.05) is 65.9 Å². The molecule has 294 valence electrons. The van der Waals surface area contributed by atoms with Gasteiger partial charge in [0, 0.05) is 25.9 Å². The minimum Gasteiger partial charge on any atom is -0.480 e. The van der Waals surface area contributed by atoms with Crippen LogP contribution in [0.5, 0.6) is 0 Å². The topological polar surface area (TPSA) is 196 Å². The average Bonchev–Trinajstić information content (AvgIpc) is 3.10. The molecule has 0 aromatic carbocycles. The van der Waals surface area contributed by atoms with Crippen LogP contribution in [0.4, 0.5) is 0 Å². The van der Waals surface area contributed by atoms with E-state index in [1.807, 2.05) is 0 Å². The smallest absolute Gasteiger partial charge is 0.326 e. The second kappa shape index (κ2) is 32.9. The van der Waals surface area contributed by atoms with Crippen molar-refractivity contribution in [2.45, 2.75) is 128 Å². The molecule has 1 aliphatic heterocycles. The summed E-state index contributed by atoms with van der Waals surface area (Å²) in [5.74, 6) is -4.11. The minimum absolute atomic E-state index is 0.0220. The summed E-state index contributed by atoms with van der Waals surface area (Å²) < 4.78 is 21.0. The van der Waals surface area contributed by atoms with Crippen molar-refractivity contribution in [1.82, 2.24) is 16.0 Å². The van der Waals surface area contributed by atoms with Crippen molar-refractivity contribution in [3.8, 4) is 0 Å². The number of carboxylic acids is 1. The molecule has 1 unspecified atom stereocenters. The number of ketones is 1. The molecule has 51 heavy (non-hydrogen) atoms. The lowest BCUT2D eigenvalue weighted by molar-refractivity contribution is -0.143. The van der Waals surface area contributed by atoms with Gasteiger partial charge in [-0.25, -0.2) is 4.79 Å². The zero-order valence-corrected chi connectivity index (χ0v) is 30.8. The number of hydrogen-bond donors (Lipinski definition) is 4. The summed E-state index contributed by atoms with van der Waals surface area (Å²) >= 11 is 0. The molecule has 1 heterocycles. The van der Waals surface area contributed by atoms with Crippen molar-refractivity contribution in [2.24, 2.45) is 5.92 Å². The largest absolute Gasteiger partial charge is 0.480 e. The highest BCUT2D eigenvalue weighted by Crippen LogP contribution is 2.18. The molecule has 0 saturated carbocycles. The Kier molecular flexibility index (Phi) is 29.8. The lowest BCUT2D eigenvalue weighted by atomic mass is 9.91. The molecule has 0 aromatic heterocycles. The highest BCUT2D eigenvalue weighted by Gasteiger charge is 2.32. The summed E-state index contributed by atoms with van der Waals surface area (Å²) in [6.07, 6.45) is 18.1. The van der Waals surface area contributed by atoms with E-state index in [2.05, 4.69) is 16.0 Å². The Morgan fingerprint density at radius 2 is 1.12 bits per heavy atom. The van der Waals surface area contributed by atoms with Gasteiger partial charge in [-0.15, -0.1) is 0 Å². The number of carbonyl (C=O) groups excluding carboxylic acids is 5. The standard InChI is InChI=1S/C37H65N3O11/c41-21-24-50-26-25-48-22-19-38-35(44)30-51-28-27-49-23-20-39-36(45)31-29-32(37(46)47)40-34(43)18-16-14-12-10-8-6-4-2-1-3-5-7-9-11-13-15-17-33(31)42/h21,31-32H,1-20,22-30H2,(H,38,44)(H,39,45)(H,40,43)(H,46,47)/t31?,32-/m0/s1. The van der Waals surface area contributed by atoms with Crippen LogP contribution in [0, 0.1) is 5.92 Å². The molecule has 1 fully saturated rings. The molecule has 4 N–H and O–H groups in total. The first-order chi connectivity index (χ1) is 24.8. The zero-order chi connectivity index (χ0) is 37.2. The highest BCUT2D eigenvalue weighted by molar-refractivity contribution is 6.02. The monoisotopic (exact) mass is 727 g/mol. The Morgan fingerprint density at radius 1 is 0.647 bits per heavy atom. The first-order valence-corrected chi connectivity index (χ1v) is 19.2. The predicted molar refractivity (Wildman–Crippen MR) is 191 cm³/mol. The van der Waals surface area contributed by atoms with Crippen LogP contribution in [0.3, 0.4) is 0 Å². The van der Waals surface area contributed by atoms with E-state index in [0.29, 0.717) is 45.5 Å². The number of hydrogen-bond acceptors (Lipinski definition) is 10. The Bertz CT molecular complexity index is 966. The Labute approximate surface area is 304 Å². The van der Waals surface area contributed by atoms with Gasteiger partial charge in [-0.1, -0.05) is 89.9 Å². The molecule has 3 amide bonds. The van der Waals surface area contributed by atoms with Crippen LogP contribution in [0.25, 0.3) is 0 Å². The van der Waals surface area contributed by atoms with Gasteiger partial charge in [0.25, 0.3) is 0 Å². The maximum Gasteiger partial charge on any atom is 0.326 e. The van der Waals surface area contributed by atoms with Crippen LogP contribution < -0.4 is 16.0 Å². The van der Waals surface area contributed by atoms with E-state index in [9.17, 15) is 33.9 Å². The lowest BCUT2D eigenvalue weighted by Crippen LogP contribution is -2.46. The molecular formula is C37H65N3O11. The lowest BCUT2D eigenvalue weighted by Gasteiger charge is -2.21. The van der Waals surface area contributed by atoms with Crippen LogP contribution >= 0.6 is 0 Å². The Hall–Kier alpha value is -2.94. The van der Waals surface area contributed by atoms with Crippen LogP contribution in [-0.4, -0.2) is 113 Å². The number of carboxylic acid groups (broad SMARTS) is 1. The van der Waals surface area contributed by atoms with Gasteiger partial charge in [0.05, 0.1) is 45.6 Å². The summed E-state index contributed by atoms with van der Waals surface area (Å²) in [5.41, 5.74) is 0. The van der Waals surface area contributed by atoms with Crippen LogP contribution in [-0.2, 0) is 47.7 Å². The van der Waals surface area contributed by atoms with Gasteiger partial charge >= 0.3 is 5.97 Å². The third-order valence-electron chi connectivity index (χ3n) is 8.66. The maximum absolute atomic E-state index is 13.3. The summed E-state index contributed by atoms with van der Waals surface area (Å²) in [5, 5.41) is 17.7. The summed E-state index contributed by atoms with van der Waals surface area (Å²) in [7, 11) is 0. The van der Waals surface area contributed by atoms with Crippen molar-refractivity contribution >= 4 is 35.8 Å². The molecule has 0 aliphatic carbocycles. The van der Waals surface area contributed by atoms with Crippen LogP contribution in [0.2, 0.25) is 0 Å². The van der Waals surface area contributed by atoms with Gasteiger partial charge in [-0.2, -0.15) is 0 Å². The molecule has 14 nitrogen and oxygen atoms in total. The average molecular weight is 728 g/mol. The summed E-state index contributed by atoms with van der Waals surface area (Å²) in [6, 6.07) is -1.35. The molecule has 0 radical (unpaired) electrons. The van der Waals surface area contributed by atoms with Crippen molar-refractivity contribution in [3.05, 3.63) is 0 Å². The van der Waals surface area contributed by atoms with E-state index >= 15 is 0 Å². The normalized spacial score (nSPS) is 20.0. The van der Waals surface area contributed by atoms with Gasteiger partial charge in [-0.3, -0.25) is 19.2 Å². The third-order valence-corrected chi connectivity index (χ3v) is 8.66. The third kappa shape index (κ3) is 27.4. The number of amides is 3. The van der Waals surface area contributed by atoms with Crippen molar-refractivity contribution in [1.29, 1.82) is 0 Å². The quantitative estimate of drug-likeness (QED) is 0.0914. The molecule has 14 heteroatoms. The second-order valence-corrected chi connectivity index (χ2v) is 13.0. The number of carbonyl (C=O) groups is 6. The molecular weight excluding hydrogens is 662 g/mol. The van der Waals surface area contributed by atoms with Gasteiger partial charge < -0.3 is 44.8 Å². The first-order valence-electron chi connectivity index (χ1n) is 19.2.